The maximum Gasteiger partial charge on any atom is 0.168 e. The van der Waals surface area contributed by atoms with Gasteiger partial charge in [-0.15, -0.1) is 0 Å². The van der Waals surface area contributed by atoms with Crippen molar-refractivity contribution in [1.82, 2.24) is 0 Å². The topological polar surface area (TPSA) is 35.5 Å². The first-order valence-electron chi connectivity index (χ1n) is 6.31. The number of rotatable bonds is 2. The Bertz CT molecular complexity index is 281. The highest BCUT2D eigenvalue weighted by Crippen LogP contribution is 2.49. The Morgan fingerprint density at radius 2 is 1.94 bits per heavy atom. The second-order valence-electron chi connectivity index (χ2n) is 5.39. The molecule has 0 amide bonds. The Kier molecular flexibility index (Phi) is 3.10. The molecule has 0 aromatic carbocycles. The highest BCUT2D eigenvalue weighted by atomic mass is 16.7. The third-order valence-corrected chi connectivity index (χ3v) is 4.59. The highest BCUT2D eigenvalue weighted by Gasteiger charge is 2.51. The van der Waals surface area contributed by atoms with Crippen LogP contribution in [0.3, 0.4) is 0 Å². The van der Waals surface area contributed by atoms with E-state index in [-0.39, 0.29) is 11.2 Å². The van der Waals surface area contributed by atoms with Gasteiger partial charge >= 0.3 is 0 Å². The Labute approximate surface area is 97.5 Å². The summed E-state index contributed by atoms with van der Waals surface area (Å²) in [5, 5.41) is 0. The van der Waals surface area contributed by atoms with Crippen LogP contribution >= 0.6 is 0 Å². The van der Waals surface area contributed by atoms with Crippen LogP contribution in [-0.4, -0.2) is 24.8 Å². The van der Waals surface area contributed by atoms with E-state index in [1.807, 2.05) is 0 Å². The first kappa shape index (κ1) is 12.1. The van der Waals surface area contributed by atoms with Crippen LogP contribution in [0.1, 0.15) is 46.5 Å². The fourth-order valence-corrected chi connectivity index (χ4v) is 3.17. The fraction of sp³-hybridized carbons (Fsp3) is 0.923. The Morgan fingerprint density at radius 1 is 1.31 bits per heavy atom. The standard InChI is InChI=1S/C13H22O3/c1-4-11-9-13(15-7-8-16-13)6-5-12(11,3)10(2)14/h11H,4-9H2,1-3H3/t11-,12-/m0/s1. The summed E-state index contributed by atoms with van der Waals surface area (Å²) in [4.78, 5) is 11.8. The van der Waals surface area contributed by atoms with Crippen molar-refractivity contribution in [3.63, 3.8) is 0 Å². The average molecular weight is 226 g/mol. The molecule has 1 saturated carbocycles. The molecule has 0 radical (unpaired) electrons. The maximum atomic E-state index is 11.8. The summed E-state index contributed by atoms with van der Waals surface area (Å²) in [5.41, 5.74) is -0.171. The molecule has 2 aliphatic rings. The van der Waals surface area contributed by atoms with Crippen LogP contribution in [0.4, 0.5) is 0 Å². The van der Waals surface area contributed by atoms with E-state index >= 15 is 0 Å². The van der Waals surface area contributed by atoms with Crippen LogP contribution in [0.15, 0.2) is 0 Å². The van der Waals surface area contributed by atoms with Crippen LogP contribution in [-0.2, 0) is 14.3 Å². The molecule has 0 bridgehead atoms. The van der Waals surface area contributed by atoms with Crippen molar-refractivity contribution in [2.75, 3.05) is 13.2 Å². The predicted octanol–water partition coefficient (Wildman–Crippen LogP) is 2.53. The quantitative estimate of drug-likeness (QED) is 0.726. The molecule has 0 N–H and O–H groups in total. The van der Waals surface area contributed by atoms with Crippen molar-refractivity contribution in [3.05, 3.63) is 0 Å². The first-order valence-corrected chi connectivity index (χ1v) is 6.31. The first-order chi connectivity index (χ1) is 7.52. The Hall–Kier alpha value is -0.410. The molecule has 1 spiro atoms. The van der Waals surface area contributed by atoms with Gasteiger partial charge in [0.05, 0.1) is 13.2 Å². The minimum absolute atomic E-state index is 0.171. The van der Waals surface area contributed by atoms with Gasteiger partial charge in [-0.25, -0.2) is 0 Å². The summed E-state index contributed by atoms with van der Waals surface area (Å²) >= 11 is 0. The van der Waals surface area contributed by atoms with Gasteiger partial charge in [-0.3, -0.25) is 4.79 Å². The fourth-order valence-electron chi connectivity index (χ4n) is 3.17. The summed E-state index contributed by atoms with van der Waals surface area (Å²) < 4.78 is 11.5. The highest BCUT2D eigenvalue weighted by molar-refractivity contribution is 5.82. The zero-order valence-electron chi connectivity index (χ0n) is 10.5. The van der Waals surface area contributed by atoms with E-state index in [4.69, 9.17) is 9.47 Å². The number of ether oxygens (including phenoxy) is 2. The van der Waals surface area contributed by atoms with E-state index in [1.54, 1.807) is 6.92 Å². The Morgan fingerprint density at radius 3 is 2.44 bits per heavy atom. The van der Waals surface area contributed by atoms with Gasteiger partial charge < -0.3 is 9.47 Å². The van der Waals surface area contributed by atoms with Gasteiger partial charge in [-0.2, -0.15) is 0 Å². The van der Waals surface area contributed by atoms with Gasteiger partial charge in [0, 0.05) is 18.3 Å². The number of ketones is 1. The lowest BCUT2D eigenvalue weighted by molar-refractivity contribution is -0.205. The largest absolute Gasteiger partial charge is 0.348 e. The zero-order valence-corrected chi connectivity index (χ0v) is 10.5. The van der Waals surface area contributed by atoms with Crippen LogP contribution in [0.2, 0.25) is 0 Å². The van der Waals surface area contributed by atoms with Crippen molar-refractivity contribution in [1.29, 1.82) is 0 Å². The van der Waals surface area contributed by atoms with Gasteiger partial charge in [-0.05, 0) is 19.3 Å². The lowest BCUT2D eigenvalue weighted by Gasteiger charge is -2.46. The molecule has 1 aliphatic carbocycles. The molecular weight excluding hydrogens is 204 g/mol. The van der Waals surface area contributed by atoms with E-state index in [0.717, 1.165) is 25.7 Å². The van der Waals surface area contributed by atoms with Crippen LogP contribution in [0.5, 0.6) is 0 Å². The lowest BCUT2D eigenvalue weighted by Crippen LogP contribution is -2.47. The maximum absolute atomic E-state index is 11.8. The molecular formula is C13H22O3. The van der Waals surface area contributed by atoms with E-state index in [0.29, 0.717) is 24.9 Å². The van der Waals surface area contributed by atoms with Crippen LogP contribution < -0.4 is 0 Å². The molecule has 1 heterocycles. The summed E-state index contributed by atoms with van der Waals surface area (Å²) in [5.74, 6) is 0.333. The van der Waals surface area contributed by atoms with Crippen LogP contribution in [0, 0.1) is 11.3 Å². The monoisotopic (exact) mass is 226 g/mol. The van der Waals surface area contributed by atoms with Gasteiger partial charge in [0.2, 0.25) is 0 Å². The van der Waals surface area contributed by atoms with E-state index in [2.05, 4.69) is 13.8 Å². The van der Waals surface area contributed by atoms with Crippen molar-refractivity contribution in [2.24, 2.45) is 11.3 Å². The molecule has 2 atom stereocenters. The van der Waals surface area contributed by atoms with E-state index in [1.165, 1.54) is 0 Å². The van der Waals surface area contributed by atoms with Crippen molar-refractivity contribution in [3.8, 4) is 0 Å². The second kappa shape index (κ2) is 4.11. The third-order valence-electron chi connectivity index (χ3n) is 4.59. The van der Waals surface area contributed by atoms with Crippen molar-refractivity contribution >= 4 is 5.78 Å². The molecule has 3 nitrogen and oxygen atoms in total. The summed E-state index contributed by atoms with van der Waals surface area (Å²) in [6.45, 7) is 7.38. The second-order valence-corrected chi connectivity index (χ2v) is 5.39. The number of hydrogen-bond acceptors (Lipinski definition) is 3. The molecule has 0 unspecified atom stereocenters. The van der Waals surface area contributed by atoms with Gasteiger partial charge in [-0.1, -0.05) is 20.3 Å². The zero-order chi connectivity index (χ0) is 11.8. The van der Waals surface area contributed by atoms with Crippen LogP contribution in [0.25, 0.3) is 0 Å². The number of hydrogen-bond donors (Lipinski definition) is 0. The molecule has 3 heteroatoms. The molecule has 0 aromatic rings. The Balaban J connectivity index is 2.16. The smallest absolute Gasteiger partial charge is 0.168 e. The minimum atomic E-state index is -0.365. The summed E-state index contributed by atoms with van der Waals surface area (Å²) in [7, 11) is 0. The average Bonchev–Trinajstić information content (AvgIpc) is 2.71. The summed E-state index contributed by atoms with van der Waals surface area (Å²) in [6.07, 6.45) is 3.64. The lowest BCUT2D eigenvalue weighted by atomic mass is 9.63. The number of Topliss-reactive ketones (excluding diaryl/α,β-unsaturated/α-hetero) is 1. The van der Waals surface area contributed by atoms with E-state index in [9.17, 15) is 4.79 Å². The number of carbonyl (C=O) groups is 1. The molecule has 92 valence electrons. The van der Waals surface area contributed by atoms with Crippen molar-refractivity contribution in [2.45, 2.75) is 52.2 Å². The predicted molar refractivity (Wildman–Crippen MR) is 61.1 cm³/mol. The van der Waals surface area contributed by atoms with Gasteiger partial charge in [0.25, 0.3) is 0 Å². The minimum Gasteiger partial charge on any atom is -0.348 e. The SMILES string of the molecule is CC[C@H]1CC2(CC[C@@]1(C)C(C)=O)OCCO2. The normalized spacial score (nSPS) is 37.8. The number of carbonyl (C=O) groups excluding carboxylic acids is 1. The van der Waals surface area contributed by atoms with Crippen molar-refractivity contribution < 1.29 is 14.3 Å². The molecule has 2 rings (SSSR count). The molecule has 16 heavy (non-hydrogen) atoms. The van der Waals surface area contributed by atoms with Gasteiger partial charge in [0.1, 0.15) is 5.78 Å². The summed E-state index contributed by atoms with van der Waals surface area (Å²) in [6, 6.07) is 0. The molecule has 1 saturated heterocycles. The molecule has 2 fully saturated rings. The van der Waals surface area contributed by atoms with E-state index < -0.39 is 0 Å². The third kappa shape index (κ3) is 1.80. The molecule has 1 aliphatic heterocycles. The van der Waals surface area contributed by atoms with Gasteiger partial charge in [0.15, 0.2) is 5.79 Å². The molecule has 0 aromatic heterocycles.